The molecule has 2 aliphatic carbocycles. The fourth-order valence-corrected chi connectivity index (χ4v) is 7.76. The predicted octanol–water partition coefficient (Wildman–Crippen LogP) is 4.54. The summed E-state index contributed by atoms with van der Waals surface area (Å²) in [6.07, 6.45) is 10.9. The van der Waals surface area contributed by atoms with E-state index in [4.69, 9.17) is 15.9 Å². The Bertz CT molecular complexity index is 2480. The molecule has 2 saturated heterocycles. The lowest BCUT2D eigenvalue weighted by Crippen LogP contribution is -2.37. The first-order valence-corrected chi connectivity index (χ1v) is 21.0. The second-order valence-electron chi connectivity index (χ2n) is 14.9. The van der Waals surface area contributed by atoms with E-state index in [1.54, 1.807) is 40.1 Å². The number of ether oxygens (including phenoxy) is 2. The molecule has 61 heavy (non-hydrogen) atoms. The van der Waals surface area contributed by atoms with E-state index in [-0.39, 0.29) is 30.8 Å². The van der Waals surface area contributed by atoms with Crippen molar-refractivity contribution in [3.8, 4) is 47.0 Å². The van der Waals surface area contributed by atoms with Gasteiger partial charge in [0, 0.05) is 83.7 Å². The van der Waals surface area contributed by atoms with Crippen molar-refractivity contribution in [3.05, 3.63) is 92.5 Å². The third-order valence-electron chi connectivity index (χ3n) is 10.7. The van der Waals surface area contributed by atoms with Gasteiger partial charge in [0.05, 0.1) is 13.2 Å². The van der Waals surface area contributed by atoms with Crippen LogP contribution in [0.5, 0.6) is 0 Å². The van der Waals surface area contributed by atoms with Gasteiger partial charge in [-0.05, 0) is 76.6 Å². The second-order valence-corrected chi connectivity index (χ2v) is 15.9. The standard InChI is InChI=1S/C23H23N3O4.C16H15BrN2O2.C7H9NO2/c1-3-30-21(27)19-17-8-5-9-18(17)24-20(25-19)16-7-4-6-15(14-16)10-11-23(29)12-13-26(2)22(23)28;1-2-21-16(20)14-12-7-4-8-13(12)18-15(19-14)10-5-3-6-11(17)9-10;1-3-7(10)4-5-8(2)6(7)9/h4,6-7,14,29H,3,5,8-9,12-13H2,1-2H3;3,5-6,9H,2,4,7-8H2,1H3;1,10H,4-5H2,2H3/t23-;;7-/m0.0/s1. The van der Waals surface area contributed by atoms with Gasteiger partial charge in [-0.2, -0.15) is 0 Å². The SMILES string of the molecule is C#C[C@]1(O)CCN(C)C1=O.CCOC(=O)c1nc(-c2cccc(Br)c2)nc2c1CCC2.CCOC(=O)c1nc(-c2cccc(C#C[C@]3(O)CCN(C)C3=O)c2)nc2c1CCC2. The molecule has 0 saturated carbocycles. The number of nitrogens with zero attached hydrogens (tertiary/aromatic N) is 6. The van der Waals surface area contributed by atoms with Crippen LogP contribution in [0.4, 0.5) is 0 Å². The Morgan fingerprint density at radius 2 is 1.25 bits per heavy atom. The number of terminal acetylenes is 1. The zero-order valence-corrected chi connectivity index (χ0v) is 36.2. The van der Waals surface area contributed by atoms with Gasteiger partial charge in [0.15, 0.2) is 23.0 Å². The molecule has 2 atom stereocenters. The highest BCUT2D eigenvalue weighted by Gasteiger charge is 2.43. The number of likely N-dealkylation sites (tertiary alicyclic amines) is 2. The molecule has 2 N–H and O–H groups in total. The number of aromatic nitrogens is 4. The molecule has 8 rings (SSSR count). The molecule has 0 bridgehead atoms. The molecule has 2 amide bonds. The highest BCUT2D eigenvalue weighted by atomic mass is 79.9. The lowest BCUT2D eigenvalue weighted by molar-refractivity contribution is -0.138. The number of fused-ring (bicyclic) bond motifs is 2. The fourth-order valence-electron chi connectivity index (χ4n) is 7.36. The molecular formula is C46H47BrN6O8. The highest BCUT2D eigenvalue weighted by molar-refractivity contribution is 9.10. The molecule has 0 unspecified atom stereocenters. The van der Waals surface area contributed by atoms with Crippen LogP contribution in [0.15, 0.2) is 53.0 Å². The van der Waals surface area contributed by atoms with Gasteiger partial charge in [0.25, 0.3) is 11.8 Å². The largest absolute Gasteiger partial charge is 0.461 e. The van der Waals surface area contributed by atoms with Gasteiger partial charge in [-0.25, -0.2) is 29.5 Å². The quantitative estimate of drug-likeness (QED) is 0.204. The molecule has 14 nitrogen and oxygen atoms in total. The minimum Gasteiger partial charge on any atom is -0.461 e. The Morgan fingerprint density at radius 1 is 0.754 bits per heavy atom. The zero-order valence-electron chi connectivity index (χ0n) is 34.6. The number of benzene rings is 2. The average molecular weight is 892 g/mol. The summed E-state index contributed by atoms with van der Waals surface area (Å²) in [6.45, 7) is 5.22. The number of carbonyl (C=O) groups is 4. The monoisotopic (exact) mass is 890 g/mol. The summed E-state index contributed by atoms with van der Waals surface area (Å²) in [5.41, 5.74) is 3.51. The molecule has 0 spiro atoms. The zero-order chi connectivity index (χ0) is 43.9. The van der Waals surface area contributed by atoms with Crippen LogP contribution < -0.4 is 0 Å². The number of aryl methyl sites for hydroxylation is 2. The maximum atomic E-state index is 12.4. The van der Waals surface area contributed by atoms with Crippen molar-refractivity contribution < 1.29 is 38.9 Å². The predicted molar refractivity (Wildman–Crippen MR) is 229 cm³/mol. The summed E-state index contributed by atoms with van der Waals surface area (Å²) in [6, 6.07) is 15.0. The summed E-state index contributed by atoms with van der Waals surface area (Å²) in [5.74, 6) is 7.20. The summed E-state index contributed by atoms with van der Waals surface area (Å²) >= 11 is 3.45. The molecule has 4 aliphatic rings. The number of aliphatic hydroxyl groups is 2. The average Bonchev–Trinajstić information content (AvgIpc) is 4.06. The van der Waals surface area contributed by atoms with Crippen molar-refractivity contribution >= 4 is 39.7 Å². The topological polar surface area (TPSA) is 185 Å². The normalized spacial score (nSPS) is 19.6. The minimum atomic E-state index is -1.65. The Labute approximate surface area is 363 Å². The molecular weight excluding hydrogens is 844 g/mol. The van der Waals surface area contributed by atoms with Gasteiger partial charge in [0.1, 0.15) is 0 Å². The Hall–Kier alpha value is -6.00. The third-order valence-corrected chi connectivity index (χ3v) is 11.2. The molecule has 0 radical (unpaired) electrons. The van der Waals surface area contributed by atoms with Crippen LogP contribution in [0.2, 0.25) is 0 Å². The van der Waals surface area contributed by atoms with Crippen LogP contribution in [0.1, 0.15) is 88.6 Å². The molecule has 15 heteroatoms. The van der Waals surface area contributed by atoms with E-state index < -0.39 is 17.2 Å². The first-order chi connectivity index (χ1) is 29.2. The van der Waals surface area contributed by atoms with Crippen LogP contribution >= 0.6 is 15.9 Å². The molecule has 2 aromatic carbocycles. The van der Waals surface area contributed by atoms with E-state index in [1.807, 2.05) is 36.4 Å². The van der Waals surface area contributed by atoms with Gasteiger partial charge >= 0.3 is 11.9 Å². The van der Waals surface area contributed by atoms with E-state index in [1.165, 1.54) is 9.80 Å². The first-order valence-electron chi connectivity index (χ1n) is 20.2. The second kappa shape index (κ2) is 19.1. The molecule has 2 aromatic heterocycles. The lowest BCUT2D eigenvalue weighted by Gasteiger charge is -2.13. The summed E-state index contributed by atoms with van der Waals surface area (Å²) in [5, 5.41) is 19.8. The number of likely N-dealkylation sites (N-methyl/N-ethyl adjacent to an activating group) is 2. The van der Waals surface area contributed by atoms with Crippen LogP contribution in [0, 0.1) is 24.2 Å². The maximum absolute atomic E-state index is 12.4. The van der Waals surface area contributed by atoms with Crippen LogP contribution in [-0.4, -0.2) is 115 Å². The van der Waals surface area contributed by atoms with Gasteiger partial charge in [0.2, 0.25) is 11.2 Å². The van der Waals surface area contributed by atoms with Crippen LogP contribution in [-0.2, 0) is 44.7 Å². The number of carbonyl (C=O) groups excluding carboxylic acids is 4. The van der Waals surface area contributed by atoms with Gasteiger partial charge < -0.3 is 29.5 Å². The van der Waals surface area contributed by atoms with Crippen molar-refractivity contribution in [2.75, 3.05) is 40.4 Å². The van der Waals surface area contributed by atoms with Crippen molar-refractivity contribution in [1.82, 2.24) is 29.7 Å². The molecule has 2 aliphatic heterocycles. The summed E-state index contributed by atoms with van der Waals surface area (Å²) in [7, 11) is 3.27. The lowest BCUT2D eigenvalue weighted by atomic mass is 10.0. The van der Waals surface area contributed by atoms with Crippen molar-refractivity contribution in [2.45, 2.75) is 76.4 Å². The van der Waals surface area contributed by atoms with E-state index in [0.717, 1.165) is 71.1 Å². The number of esters is 2. The van der Waals surface area contributed by atoms with Gasteiger partial charge in [-0.15, -0.1) is 6.42 Å². The smallest absolute Gasteiger partial charge is 0.357 e. The van der Waals surface area contributed by atoms with E-state index >= 15 is 0 Å². The van der Waals surface area contributed by atoms with E-state index in [0.29, 0.717) is 60.3 Å². The molecule has 316 valence electrons. The molecule has 4 aromatic rings. The summed E-state index contributed by atoms with van der Waals surface area (Å²) < 4.78 is 11.3. The van der Waals surface area contributed by atoms with Gasteiger partial charge in [-0.1, -0.05) is 58.0 Å². The Kier molecular flexibility index (Phi) is 14.0. The van der Waals surface area contributed by atoms with Crippen molar-refractivity contribution in [3.63, 3.8) is 0 Å². The number of halogens is 1. The minimum absolute atomic E-state index is 0.284. The number of hydrogen-bond acceptors (Lipinski definition) is 12. The number of amides is 2. The van der Waals surface area contributed by atoms with Crippen LogP contribution in [0.25, 0.3) is 22.8 Å². The summed E-state index contributed by atoms with van der Waals surface area (Å²) in [4.78, 5) is 68.8. The third kappa shape index (κ3) is 9.97. The maximum Gasteiger partial charge on any atom is 0.357 e. The number of hydrogen-bond donors (Lipinski definition) is 2. The molecule has 4 heterocycles. The van der Waals surface area contributed by atoms with Gasteiger partial charge in [-0.3, -0.25) is 9.59 Å². The number of rotatable bonds is 6. The first kappa shape index (κ1) is 44.5. The fraction of sp³-hybridized carbons (Fsp3) is 0.391. The van der Waals surface area contributed by atoms with E-state index in [2.05, 4.69) is 53.6 Å². The van der Waals surface area contributed by atoms with Crippen molar-refractivity contribution in [1.29, 1.82) is 0 Å². The van der Waals surface area contributed by atoms with Crippen LogP contribution in [0.3, 0.4) is 0 Å². The van der Waals surface area contributed by atoms with Crippen molar-refractivity contribution in [2.24, 2.45) is 0 Å². The highest BCUT2D eigenvalue weighted by Crippen LogP contribution is 2.29. The molecule has 2 fully saturated rings. The Balaban J connectivity index is 0.000000173. The Morgan fingerprint density at radius 3 is 1.69 bits per heavy atom. The van der Waals surface area contributed by atoms with E-state index in [9.17, 15) is 29.4 Å².